The predicted octanol–water partition coefficient (Wildman–Crippen LogP) is 16.3. The Labute approximate surface area is 409 Å². The van der Waals surface area contributed by atoms with E-state index in [4.69, 9.17) is 9.72 Å². The number of halogens is 1. The van der Waals surface area contributed by atoms with Gasteiger partial charge in [-0.15, -0.1) is 53.6 Å². The van der Waals surface area contributed by atoms with Crippen LogP contribution >= 0.6 is 0 Å². The summed E-state index contributed by atoms with van der Waals surface area (Å²) in [5, 5.41) is 2.19. The van der Waals surface area contributed by atoms with Crippen molar-refractivity contribution in [2.75, 3.05) is 9.80 Å². The number of fused-ring (bicyclic) bond motifs is 4. The molecule has 0 saturated heterocycles. The Kier molecular flexibility index (Phi) is 11.8. The fraction of sp³-hybridized carbons (Fsp3) is 0.200. The van der Waals surface area contributed by atoms with E-state index in [1.807, 2.05) is 24.4 Å². The van der Waals surface area contributed by atoms with Crippen LogP contribution < -0.4 is 14.5 Å². The van der Waals surface area contributed by atoms with Crippen LogP contribution in [0.5, 0.6) is 11.5 Å². The standard InChI is InChI=1S/C60H54FN4O.Pt/c1-58(2,3)42-25-21-39(22-26-42)41-33-45(63-38-64(54-20-13-12-19-53(54)63)57-48(40-23-27-44(61)28-24-40)16-14-17-51(57)60(7,8)9)36-47(34-41)66-46-29-30-50-49-15-10-11-18-52(49)65(55(50)37-46)56-35-43(31-32-62-56)59(4,5)6;/h10-35,38H,1-9H3;/q-3;. The van der Waals surface area contributed by atoms with Gasteiger partial charge < -0.3 is 19.1 Å². The van der Waals surface area contributed by atoms with Gasteiger partial charge in [0.05, 0.1) is 0 Å². The van der Waals surface area contributed by atoms with E-state index in [-0.39, 0.29) is 43.1 Å². The van der Waals surface area contributed by atoms with Crippen LogP contribution in [-0.2, 0) is 37.3 Å². The summed E-state index contributed by atoms with van der Waals surface area (Å²) in [6.45, 7) is 22.2. The summed E-state index contributed by atoms with van der Waals surface area (Å²) in [5.74, 6) is 1.69. The first-order valence-electron chi connectivity index (χ1n) is 22.7. The van der Waals surface area contributed by atoms with Gasteiger partial charge in [-0.1, -0.05) is 153 Å². The van der Waals surface area contributed by atoms with Crippen molar-refractivity contribution in [3.05, 3.63) is 199 Å². The maximum atomic E-state index is 14.3. The zero-order valence-electron chi connectivity index (χ0n) is 39.5. The van der Waals surface area contributed by atoms with Crippen LogP contribution in [0, 0.1) is 24.6 Å². The van der Waals surface area contributed by atoms with Crippen molar-refractivity contribution >= 4 is 44.6 Å². The van der Waals surface area contributed by atoms with E-state index in [9.17, 15) is 4.39 Å². The topological polar surface area (TPSA) is 33.5 Å². The zero-order valence-corrected chi connectivity index (χ0v) is 41.8. The van der Waals surface area contributed by atoms with Gasteiger partial charge in [-0.2, -0.15) is 6.07 Å². The SMILES string of the molecule is CC(C)(C)c1ccc(-c2cc(Oc3[c-]c4c(cc3)c3ccccc3n4-c3cc(C(C)(C)C)ccn3)[c-]c(N3[CH-]N(c4c(-c5ccc(F)cc5)cccc4C(C)(C)C)c4ccccc43)c2)cc1.[Pt]. The van der Waals surface area contributed by atoms with Crippen LogP contribution in [0.4, 0.5) is 27.1 Å². The number of nitrogens with zero attached hydrogens (tertiary/aromatic N) is 4. The number of rotatable bonds is 7. The summed E-state index contributed by atoms with van der Waals surface area (Å²) in [5.41, 5.74) is 13.2. The van der Waals surface area contributed by atoms with Crippen LogP contribution in [-0.4, -0.2) is 9.55 Å². The van der Waals surface area contributed by atoms with Crippen molar-refractivity contribution in [2.24, 2.45) is 0 Å². The molecule has 0 N–H and O–H groups in total. The Morgan fingerprint density at radius 2 is 1.22 bits per heavy atom. The smallest absolute Gasteiger partial charge is 0.135 e. The summed E-state index contributed by atoms with van der Waals surface area (Å²) < 4.78 is 23.4. The first-order valence-corrected chi connectivity index (χ1v) is 22.7. The minimum atomic E-state index is -0.263. The molecule has 340 valence electrons. The Hall–Kier alpha value is -6.49. The fourth-order valence-corrected chi connectivity index (χ4v) is 9.09. The van der Waals surface area contributed by atoms with E-state index < -0.39 is 0 Å². The fourth-order valence-electron chi connectivity index (χ4n) is 9.09. The van der Waals surface area contributed by atoms with Crippen molar-refractivity contribution in [3.63, 3.8) is 0 Å². The molecule has 0 radical (unpaired) electrons. The van der Waals surface area contributed by atoms with Gasteiger partial charge in [0.2, 0.25) is 0 Å². The van der Waals surface area contributed by atoms with E-state index in [1.54, 1.807) is 0 Å². The quantitative estimate of drug-likeness (QED) is 0.149. The maximum Gasteiger partial charge on any atom is 0.135 e. The van der Waals surface area contributed by atoms with Gasteiger partial charge >= 0.3 is 0 Å². The molecule has 2 aromatic heterocycles. The molecule has 0 saturated carbocycles. The maximum absolute atomic E-state index is 14.3. The average Bonchev–Trinajstić information content (AvgIpc) is 3.84. The van der Waals surface area contributed by atoms with Gasteiger partial charge in [0, 0.05) is 66.9 Å². The molecule has 9 aromatic rings. The zero-order chi connectivity index (χ0) is 46.1. The van der Waals surface area contributed by atoms with E-state index >= 15 is 0 Å². The Bertz CT molecular complexity index is 3280. The molecule has 67 heavy (non-hydrogen) atoms. The molecule has 10 rings (SSSR count). The number of aromatic nitrogens is 2. The second-order valence-corrected chi connectivity index (χ2v) is 20.4. The van der Waals surface area contributed by atoms with Gasteiger partial charge in [-0.25, -0.2) is 9.37 Å². The number of anilines is 4. The van der Waals surface area contributed by atoms with Gasteiger partial charge in [-0.3, -0.25) is 0 Å². The molecule has 0 spiro atoms. The Morgan fingerprint density at radius 1 is 0.552 bits per heavy atom. The van der Waals surface area contributed by atoms with Gasteiger partial charge in [0.1, 0.15) is 11.6 Å². The molecule has 1 aliphatic heterocycles. The molecule has 7 aromatic carbocycles. The van der Waals surface area contributed by atoms with Crippen molar-refractivity contribution in [1.29, 1.82) is 0 Å². The van der Waals surface area contributed by atoms with Crippen molar-refractivity contribution in [3.8, 4) is 39.6 Å². The molecular weight excluding hydrogens is 1010 g/mol. The van der Waals surface area contributed by atoms with Crippen molar-refractivity contribution in [1.82, 2.24) is 9.55 Å². The third-order valence-electron chi connectivity index (χ3n) is 12.7. The van der Waals surface area contributed by atoms with Gasteiger partial charge in [-0.05, 0) is 91.9 Å². The summed E-state index contributed by atoms with van der Waals surface area (Å²) in [7, 11) is 0. The Balaban J connectivity index is 0.00000562. The normalized spacial score (nSPS) is 13.0. The molecule has 0 bridgehead atoms. The van der Waals surface area contributed by atoms with Crippen LogP contribution in [0.25, 0.3) is 49.9 Å². The predicted molar refractivity (Wildman–Crippen MR) is 271 cm³/mol. The first kappa shape index (κ1) is 45.7. The molecule has 0 fully saturated rings. The van der Waals surface area contributed by atoms with Crippen molar-refractivity contribution < 1.29 is 30.2 Å². The molecular formula is C60H54FN4OPt-3. The largest absolute Gasteiger partial charge is 0.509 e. The summed E-state index contributed by atoms with van der Waals surface area (Å²) in [6.07, 6.45) is 1.90. The van der Waals surface area contributed by atoms with Gasteiger partial charge in [0.15, 0.2) is 0 Å². The first-order chi connectivity index (χ1) is 31.5. The summed E-state index contributed by atoms with van der Waals surface area (Å²) >= 11 is 0. The number of para-hydroxylation sites is 4. The van der Waals surface area contributed by atoms with Crippen LogP contribution in [0.15, 0.2) is 158 Å². The molecule has 0 aliphatic carbocycles. The minimum absolute atomic E-state index is 0. The Morgan fingerprint density at radius 3 is 1.93 bits per heavy atom. The second kappa shape index (κ2) is 17.3. The van der Waals surface area contributed by atoms with Gasteiger partial charge in [0.25, 0.3) is 0 Å². The van der Waals surface area contributed by atoms with E-state index in [0.29, 0.717) is 11.5 Å². The number of hydrogen-bond donors (Lipinski definition) is 0. The van der Waals surface area contributed by atoms with Crippen LogP contribution in [0.3, 0.4) is 0 Å². The van der Waals surface area contributed by atoms with Crippen LogP contribution in [0.1, 0.15) is 79.0 Å². The number of ether oxygens (including phenoxy) is 1. The van der Waals surface area contributed by atoms with Crippen molar-refractivity contribution in [2.45, 2.75) is 78.6 Å². The molecule has 3 heterocycles. The second-order valence-electron chi connectivity index (χ2n) is 20.4. The molecule has 0 unspecified atom stereocenters. The third kappa shape index (κ3) is 8.69. The van der Waals surface area contributed by atoms with Crippen LogP contribution in [0.2, 0.25) is 0 Å². The van der Waals surface area contributed by atoms with E-state index in [0.717, 1.165) is 72.6 Å². The summed E-state index contributed by atoms with van der Waals surface area (Å²) in [6, 6.07) is 58.9. The average molecular weight is 1060 g/mol. The minimum Gasteiger partial charge on any atom is -0.509 e. The molecule has 5 nitrogen and oxygen atoms in total. The molecule has 0 atom stereocenters. The molecule has 0 amide bonds. The molecule has 1 aliphatic rings. The number of pyridine rings is 1. The van der Waals surface area contributed by atoms with E-state index in [2.05, 4.69) is 217 Å². The number of hydrogen-bond acceptors (Lipinski definition) is 4. The third-order valence-corrected chi connectivity index (χ3v) is 12.7. The summed E-state index contributed by atoms with van der Waals surface area (Å²) in [4.78, 5) is 9.36. The van der Waals surface area contributed by atoms with E-state index in [1.165, 1.54) is 28.8 Å². The molecule has 7 heteroatoms. The number of benzene rings is 7. The monoisotopic (exact) mass is 1060 g/mol.